The van der Waals surface area contributed by atoms with Crippen LogP contribution in [0, 0.1) is 5.92 Å². The summed E-state index contributed by atoms with van der Waals surface area (Å²) in [7, 11) is 0. The van der Waals surface area contributed by atoms with Crippen molar-refractivity contribution in [2.45, 2.75) is 38.3 Å². The lowest BCUT2D eigenvalue weighted by Crippen LogP contribution is -2.57. The van der Waals surface area contributed by atoms with Gasteiger partial charge in [0, 0.05) is 43.0 Å². The molecule has 1 N–H and O–H groups in total. The Labute approximate surface area is 188 Å². The molecule has 1 aromatic heterocycles. The third kappa shape index (κ3) is 5.43. The van der Waals surface area contributed by atoms with Gasteiger partial charge in [0.25, 0.3) is 5.91 Å². The number of nitrogens with one attached hydrogen (secondary N) is 1. The first-order valence-corrected chi connectivity index (χ1v) is 11.5. The number of hydrogen-bond donors (Lipinski definition) is 1. The molecule has 2 amide bonds. The zero-order valence-electron chi connectivity index (χ0n) is 17.7. The van der Waals surface area contributed by atoms with Crippen molar-refractivity contribution in [2.75, 3.05) is 26.2 Å². The number of hydrogen-bond acceptors (Lipinski definition) is 4. The first-order valence-electron chi connectivity index (χ1n) is 11.1. The first-order chi connectivity index (χ1) is 15.1. The molecule has 1 atom stereocenters. The molecule has 2 aromatic rings. The fourth-order valence-electron chi connectivity index (χ4n) is 4.71. The maximum atomic E-state index is 13.2. The standard InChI is InChI=1S/C24H29ClN4O2/c25-20-10-8-19(9-11-20)24(31)29-15-13-28(14-16-29)22(18-5-1-2-6-18)23(30)27-17-21-7-3-4-12-26-21/h3-4,7-12,18,22H,1-2,5-6,13-17H2,(H,27,30)/t22-/m1/s1. The zero-order chi connectivity index (χ0) is 21.6. The van der Waals surface area contributed by atoms with Gasteiger partial charge in [-0.25, -0.2) is 0 Å². The minimum absolute atomic E-state index is 0.0216. The van der Waals surface area contributed by atoms with Gasteiger partial charge >= 0.3 is 0 Å². The molecule has 2 heterocycles. The van der Waals surface area contributed by atoms with E-state index < -0.39 is 0 Å². The second-order valence-corrected chi connectivity index (χ2v) is 8.80. The number of pyridine rings is 1. The van der Waals surface area contributed by atoms with Crippen LogP contribution < -0.4 is 5.32 Å². The van der Waals surface area contributed by atoms with Crippen LogP contribution in [0.3, 0.4) is 0 Å². The summed E-state index contributed by atoms with van der Waals surface area (Å²) in [6.07, 6.45) is 6.29. The average Bonchev–Trinajstić information content (AvgIpc) is 3.33. The average molecular weight is 441 g/mol. The number of amides is 2. The van der Waals surface area contributed by atoms with Crippen molar-refractivity contribution in [1.29, 1.82) is 0 Å². The van der Waals surface area contributed by atoms with E-state index in [0.717, 1.165) is 18.5 Å². The topological polar surface area (TPSA) is 65.5 Å². The van der Waals surface area contributed by atoms with Gasteiger partial charge in [-0.15, -0.1) is 0 Å². The third-order valence-corrected chi connectivity index (χ3v) is 6.62. The molecule has 1 aliphatic heterocycles. The summed E-state index contributed by atoms with van der Waals surface area (Å²) in [5.41, 5.74) is 1.51. The van der Waals surface area contributed by atoms with Gasteiger partial charge in [0.15, 0.2) is 0 Å². The maximum absolute atomic E-state index is 13.2. The highest BCUT2D eigenvalue weighted by Gasteiger charge is 2.37. The summed E-state index contributed by atoms with van der Waals surface area (Å²) in [6.45, 7) is 3.10. The van der Waals surface area contributed by atoms with Crippen molar-refractivity contribution in [3.8, 4) is 0 Å². The fraction of sp³-hybridized carbons (Fsp3) is 0.458. The lowest BCUT2D eigenvalue weighted by Gasteiger charge is -2.40. The maximum Gasteiger partial charge on any atom is 0.253 e. The minimum Gasteiger partial charge on any atom is -0.349 e. The van der Waals surface area contributed by atoms with Crippen molar-refractivity contribution in [3.63, 3.8) is 0 Å². The van der Waals surface area contributed by atoms with E-state index in [2.05, 4.69) is 15.2 Å². The van der Waals surface area contributed by atoms with Crippen LogP contribution in [0.1, 0.15) is 41.7 Å². The van der Waals surface area contributed by atoms with E-state index in [1.165, 1.54) is 12.8 Å². The first kappa shape index (κ1) is 21.8. The SMILES string of the molecule is O=C(NCc1ccccn1)[C@@H](C1CCCC1)N1CCN(C(=O)c2ccc(Cl)cc2)CC1. The molecule has 0 unspecified atom stereocenters. The van der Waals surface area contributed by atoms with Crippen LogP contribution in [0.25, 0.3) is 0 Å². The Balaban J connectivity index is 1.38. The van der Waals surface area contributed by atoms with E-state index in [1.54, 1.807) is 30.5 Å². The molecule has 6 nitrogen and oxygen atoms in total. The molecule has 2 aliphatic rings. The molecule has 2 fully saturated rings. The summed E-state index contributed by atoms with van der Waals surface area (Å²) in [5, 5.41) is 3.72. The van der Waals surface area contributed by atoms with Gasteiger partial charge < -0.3 is 10.2 Å². The second kappa shape index (κ2) is 10.2. The molecule has 1 saturated carbocycles. The van der Waals surface area contributed by atoms with Crippen molar-refractivity contribution >= 4 is 23.4 Å². The van der Waals surface area contributed by atoms with Gasteiger partial charge in [-0.3, -0.25) is 19.5 Å². The third-order valence-electron chi connectivity index (χ3n) is 6.37. The summed E-state index contributed by atoms with van der Waals surface area (Å²) >= 11 is 5.94. The smallest absolute Gasteiger partial charge is 0.253 e. The van der Waals surface area contributed by atoms with Gasteiger partial charge in [0.05, 0.1) is 18.3 Å². The highest BCUT2D eigenvalue weighted by molar-refractivity contribution is 6.30. The highest BCUT2D eigenvalue weighted by Crippen LogP contribution is 2.31. The summed E-state index contributed by atoms with van der Waals surface area (Å²) < 4.78 is 0. The number of halogens is 1. The van der Waals surface area contributed by atoms with Crippen LogP contribution in [0.2, 0.25) is 5.02 Å². The number of aromatic nitrogens is 1. The largest absolute Gasteiger partial charge is 0.349 e. The Hall–Kier alpha value is -2.44. The molecule has 1 aliphatic carbocycles. The molecular weight excluding hydrogens is 412 g/mol. The summed E-state index contributed by atoms with van der Waals surface area (Å²) in [5.74, 6) is 0.477. The van der Waals surface area contributed by atoms with Crippen LogP contribution in [0.5, 0.6) is 0 Å². The van der Waals surface area contributed by atoms with E-state index in [1.807, 2.05) is 23.1 Å². The van der Waals surface area contributed by atoms with Crippen molar-refractivity contribution < 1.29 is 9.59 Å². The molecule has 31 heavy (non-hydrogen) atoms. The monoisotopic (exact) mass is 440 g/mol. The lowest BCUT2D eigenvalue weighted by molar-refractivity contribution is -0.129. The predicted molar refractivity (Wildman–Crippen MR) is 121 cm³/mol. The van der Waals surface area contributed by atoms with Crippen LogP contribution in [0.15, 0.2) is 48.7 Å². The number of carbonyl (C=O) groups excluding carboxylic acids is 2. The number of carbonyl (C=O) groups is 2. The van der Waals surface area contributed by atoms with Crippen LogP contribution >= 0.6 is 11.6 Å². The van der Waals surface area contributed by atoms with Gasteiger partial charge in [-0.1, -0.05) is 30.5 Å². The van der Waals surface area contributed by atoms with E-state index in [9.17, 15) is 9.59 Å². The van der Waals surface area contributed by atoms with E-state index >= 15 is 0 Å². The molecule has 164 valence electrons. The van der Waals surface area contributed by atoms with Crippen LogP contribution in [-0.2, 0) is 11.3 Å². The molecular formula is C24H29ClN4O2. The van der Waals surface area contributed by atoms with Crippen molar-refractivity contribution in [2.24, 2.45) is 5.92 Å². The number of nitrogens with zero attached hydrogens (tertiary/aromatic N) is 3. The molecule has 1 saturated heterocycles. The fourth-order valence-corrected chi connectivity index (χ4v) is 4.84. The van der Waals surface area contributed by atoms with Crippen molar-refractivity contribution in [3.05, 3.63) is 64.9 Å². The van der Waals surface area contributed by atoms with Crippen LogP contribution in [0.4, 0.5) is 0 Å². The Morgan fingerprint density at radius 1 is 1.03 bits per heavy atom. The lowest BCUT2D eigenvalue weighted by atomic mass is 9.95. The molecule has 7 heteroatoms. The Kier molecular flexibility index (Phi) is 7.20. The van der Waals surface area contributed by atoms with Crippen molar-refractivity contribution in [1.82, 2.24) is 20.1 Å². The normalized spacial score (nSPS) is 18.7. The number of piperazine rings is 1. The van der Waals surface area contributed by atoms with Gasteiger partial charge in [0.1, 0.15) is 0 Å². The molecule has 1 aromatic carbocycles. The predicted octanol–water partition coefficient (Wildman–Crippen LogP) is 3.37. The molecule has 0 bridgehead atoms. The summed E-state index contributed by atoms with van der Waals surface area (Å²) in [6, 6.07) is 12.6. The Bertz CT molecular complexity index is 876. The molecule has 0 radical (unpaired) electrons. The quantitative estimate of drug-likeness (QED) is 0.747. The van der Waals surface area contributed by atoms with Crippen LogP contribution in [-0.4, -0.2) is 58.8 Å². The van der Waals surface area contributed by atoms with E-state index in [-0.39, 0.29) is 17.9 Å². The number of rotatable bonds is 6. The van der Waals surface area contributed by atoms with Gasteiger partial charge in [0.2, 0.25) is 5.91 Å². The number of benzene rings is 1. The second-order valence-electron chi connectivity index (χ2n) is 8.36. The Morgan fingerprint density at radius 2 is 1.74 bits per heavy atom. The zero-order valence-corrected chi connectivity index (χ0v) is 18.4. The van der Waals surface area contributed by atoms with Gasteiger partial charge in [-0.05, 0) is 55.2 Å². The minimum atomic E-state index is -0.140. The summed E-state index contributed by atoms with van der Waals surface area (Å²) in [4.78, 5) is 34.5. The molecule has 4 rings (SSSR count). The highest BCUT2D eigenvalue weighted by atomic mass is 35.5. The Morgan fingerprint density at radius 3 is 2.39 bits per heavy atom. The van der Waals surface area contributed by atoms with E-state index in [4.69, 9.17) is 11.6 Å². The molecule has 0 spiro atoms. The van der Waals surface area contributed by atoms with E-state index in [0.29, 0.717) is 49.2 Å². The van der Waals surface area contributed by atoms with Gasteiger partial charge in [-0.2, -0.15) is 0 Å².